The zero-order valence-corrected chi connectivity index (χ0v) is 17.1. The molecule has 1 N–H and O–H groups in total. The summed E-state index contributed by atoms with van der Waals surface area (Å²) in [6, 6.07) is 10.0. The fourth-order valence-corrected chi connectivity index (χ4v) is 3.59. The molecule has 28 heavy (non-hydrogen) atoms. The first-order valence-corrected chi connectivity index (χ1v) is 9.76. The normalized spacial score (nSPS) is 17.0. The van der Waals surface area contributed by atoms with Crippen LogP contribution in [0.5, 0.6) is 0 Å². The molecule has 0 bridgehead atoms. The third kappa shape index (κ3) is 4.60. The van der Waals surface area contributed by atoms with Crippen LogP contribution in [0.15, 0.2) is 28.7 Å². The highest BCUT2D eigenvalue weighted by atomic mass is 16.4. The Morgan fingerprint density at radius 2 is 2.21 bits per heavy atom. The molecular formula is C22H28N4O2. The predicted molar refractivity (Wildman–Crippen MR) is 108 cm³/mol. The van der Waals surface area contributed by atoms with Gasteiger partial charge in [-0.15, -0.1) is 0 Å². The van der Waals surface area contributed by atoms with Crippen molar-refractivity contribution in [1.82, 2.24) is 15.2 Å². The Morgan fingerprint density at radius 3 is 2.93 bits per heavy atom. The first-order valence-electron chi connectivity index (χ1n) is 9.76. The van der Waals surface area contributed by atoms with Crippen molar-refractivity contribution in [3.8, 4) is 17.5 Å². The monoisotopic (exact) mass is 380 g/mol. The van der Waals surface area contributed by atoms with E-state index >= 15 is 0 Å². The summed E-state index contributed by atoms with van der Waals surface area (Å²) in [7, 11) is 0. The molecule has 1 amide bonds. The second-order valence-corrected chi connectivity index (χ2v) is 8.18. The molecule has 1 saturated heterocycles. The van der Waals surface area contributed by atoms with Crippen molar-refractivity contribution in [3.63, 3.8) is 0 Å². The molecule has 3 rings (SSSR count). The number of benzene rings is 1. The van der Waals surface area contributed by atoms with Gasteiger partial charge in [0, 0.05) is 24.1 Å². The second-order valence-electron chi connectivity index (χ2n) is 8.18. The van der Waals surface area contributed by atoms with Gasteiger partial charge in [0.25, 0.3) is 0 Å². The number of carbonyl (C=O) groups is 1. The van der Waals surface area contributed by atoms with Crippen LogP contribution in [-0.4, -0.2) is 40.5 Å². The zero-order valence-electron chi connectivity index (χ0n) is 17.1. The lowest BCUT2D eigenvalue weighted by atomic mass is 9.97. The van der Waals surface area contributed by atoms with E-state index in [1.165, 1.54) is 0 Å². The van der Waals surface area contributed by atoms with Gasteiger partial charge in [-0.1, -0.05) is 17.7 Å². The quantitative estimate of drug-likeness (QED) is 0.831. The van der Waals surface area contributed by atoms with Gasteiger partial charge in [0.05, 0.1) is 18.3 Å². The van der Waals surface area contributed by atoms with Crippen molar-refractivity contribution in [2.75, 3.05) is 13.1 Å². The lowest BCUT2D eigenvalue weighted by molar-refractivity contribution is -0.130. The molecule has 0 spiro atoms. The van der Waals surface area contributed by atoms with E-state index in [2.05, 4.69) is 17.5 Å². The van der Waals surface area contributed by atoms with Crippen LogP contribution in [-0.2, 0) is 11.2 Å². The van der Waals surface area contributed by atoms with Crippen LogP contribution in [0.4, 0.5) is 0 Å². The van der Waals surface area contributed by atoms with Gasteiger partial charge in [0.1, 0.15) is 11.8 Å². The Kier molecular flexibility index (Phi) is 5.85. The lowest BCUT2D eigenvalue weighted by Gasteiger charge is -2.27. The van der Waals surface area contributed by atoms with E-state index in [1.54, 1.807) is 4.90 Å². The van der Waals surface area contributed by atoms with E-state index in [4.69, 9.17) is 14.7 Å². The fourth-order valence-electron chi connectivity index (χ4n) is 3.59. The van der Waals surface area contributed by atoms with Gasteiger partial charge in [-0.25, -0.2) is 4.98 Å². The maximum atomic E-state index is 12.5. The van der Waals surface area contributed by atoms with Crippen molar-refractivity contribution >= 4 is 5.91 Å². The topological polar surface area (TPSA) is 82.2 Å². The van der Waals surface area contributed by atoms with Crippen LogP contribution < -0.4 is 5.32 Å². The summed E-state index contributed by atoms with van der Waals surface area (Å²) in [5, 5.41) is 12.5. The first-order chi connectivity index (χ1) is 13.3. The Bertz CT molecular complexity index is 894. The molecule has 2 heterocycles. The molecule has 6 heteroatoms. The number of amides is 1. The zero-order chi connectivity index (χ0) is 20.3. The molecule has 1 aliphatic heterocycles. The molecule has 1 fully saturated rings. The van der Waals surface area contributed by atoms with E-state index in [9.17, 15) is 4.79 Å². The Balaban J connectivity index is 1.64. The minimum Gasteiger partial charge on any atom is -0.441 e. The van der Waals surface area contributed by atoms with Crippen molar-refractivity contribution in [1.29, 1.82) is 5.26 Å². The molecule has 0 aliphatic carbocycles. The highest BCUT2D eigenvalue weighted by Gasteiger charge is 2.30. The molecule has 1 aliphatic rings. The third-order valence-corrected chi connectivity index (χ3v) is 5.21. The maximum absolute atomic E-state index is 12.5. The number of aromatic nitrogens is 1. The molecule has 1 atom stereocenters. The van der Waals surface area contributed by atoms with Gasteiger partial charge in [0.2, 0.25) is 11.8 Å². The van der Waals surface area contributed by atoms with Crippen molar-refractivity contribution in [3.05, 3.63) is 41.3 Å². The van der Waals surface area contributed by atoms with Crippen LogP contribution in [0.1, 0.15) is 43.7 Å². The Hall–Kier alpha value is -2.65. The number of hydrogen-bond acceptors (Lipinski definition) is 5. The number of nitriles is 1. The van der Waals surface area contributed by atoms with Gasteiger partial charge < -0.3 is 14.6 Å². The Labute approximate surface area is 166 Å². The van der Waals surface area contributed by atoms with Gasteiger partial charge in [0.15, 0.2) is 0 Å². The maximum Gasteiger partial charge on any atom is 0.237 e. The van der Waals surface area contributed by atoms with Crippen LogP contribution in [0.3, 0.4) is 0 Å². The number of aryl methyl sites for hydroxylation is 2. The number of likely N-dealkylation sites (tertiary alicyclic amines) is 1. The summed E-state index contributed by atoms with van der Waals surface area (Å²) in [5.74, 6) is 1.40. The molecular weight excluding hydrogens is 352 g/mol. The number of hydrogen-bond donors (Lipinski definition) is 1. The summed E-state index contributed by atoms with van der Waals surface area (Å²) in [6.45, 7) is 8.94. The second kappa shape index (κ2) is 8.15. The molecule has 0 saturated carbocycles. The largest absolute Gasteiger partial charge is 0.441 e. The molecule has 1 aromatic heterocycles. The summed E-state index contributed by atoms with van der Waals surface area (Å²) in [5.41, 5.74) is 2.68. The van der Waals surface area contributed by atoms with E-state index in [-0.39, 0.29) is 24.0 Å². The molecule has 0 radical (unpaired) electrons. The average Bonchev–Trinajstić information content (AvgIpc) is 3.26. The van der Waals surface area contributed by atoms with Crippen LogP contribution in [0.2, 0.25) is 0 Å². The number of oxazole rings is 1. The number of rotatable bonds is 6. The standard InChI is InChI=1S/C22H28N4O2/c1-15-7-5-8-17(11-15)21-25-19(16(2)28-21)12-22(3,4)24-14-20(27)26-10-6-9-18(26)13-23/h5,7-8,11,18,24H,6,9-10,12,14H2,1-4H3/t18-/m0/s1. The minimum atomic E-state index is -0.330. The molecule has 1 aromatic carbocycles. The molecule has 148 valence electrons. The van der Waals surface area contributed by atoms with Gasteiger partial charge >= 0.3 is 0 Å². The third-order valence-electron chi connectivity index (χ3n) is 5.21. The van der Waals surface area contributed by atoms with Crippen LogP contribution in [0, 0.1) is 25.2 Å². The van der Waals surface area contributed by atoms with Crippen molar-refractivity contribution in [2.45, 2.75) is 58.5 Å². The summed E-state index contributed by atoms with van der Waals surface area (Å²) >= 11 is 0. The smallest absolute Gasteiger partial charge is 0.237 e. The first kappa shape index (κ1) is 20.1. The lowest BCUT2D eigenvalue weighted by Crippen LogP contribution is -2.48. The van der Waals surface area contributed by atoms with Crippen molar-refractivity contribution in [2.24, 2.45) is 0 Å². The van der Waals surface area contributed by atoms with Gasteiger partial charge in [-0.3, -0.25) is 4.79 Å². The predicted octanol–water partition coefficient (Wildman–Crippen LogP) is 3.38. The SMILES string of the molecule is Cc1cccc(-c2nc(CC(C)(C)NCC(=O)N3CCC[C@H]3C#N)c(C)o2)c1. The highest BCUT2D eigenvalue weighted by molar-refractivity contribution is 5.79. The van der Waals surface area contributed by atoms with Crippen LogP contribution in [0.25, 0.3) is 11.5 Å². The molecule has 0 unspecified atom stereocenters. The van der Waals surface area contributed by atoms with E-state index in [0.717, 1.165) is 35.4 Å². The molecule has 2 aromatic rings. The van der Waals surface area contributed by atoms with Gasteiger partial charge in [-0.2, -0.15) is 5.26 Å². The summed E-state index contributed by atoms with van der Waals surface area (Å²) in [4.78, 5) is 18.9. The number of nitrogens with zero attached hydrogens (tertiary/aromatic N) is 3. The van der Waals surface area contributed by atoms with E-state index < -0.39 is 0 Å². The average molecular weight is 380 g/mol. The van der Waals surface area contributed by atoms with E-state index in [1.807, 2.05) is 45.9 Å². The summed E-state index contributed by atoms with van der Waals surface area (Å²) in [6.07, 6.45) is 2.31. The number of nitrogens with one attached hydrogen (secondary N) is 1. The fraction of sp³-hybridized carbons (Fsp3) is 0.500. The molecule has 6 nitrogen and oxygen atoms in total. The van der Waals surface area contributed by atoms with Gasteiger partial charge in [-0.05, 0) is 52.7 Å². The van der Waals surface area contributed by atoms with Crippen molar-refractivity contribution < 1.29 is 9.21 Å². The number of carbonyl (C=O) groups excluding carboxylic acids is 1. The van der Waals surface area contributed by atoms with E-state index in [0.29, 0.717) is 18.9 Å². The highest BCUT2D eigenvalue weighted by Crippen LogP contribution is 2.25. The minimum absolute atomic E-state index is 0.0190. The van der Waals surface area contributed by atoms with Crippen LogP contribution >= 0.6 is 0 Å². The summed E-state index contributed by atoms with van der Waals surface area (Å²) < 4.78 is 5.89. The Morgan fingerprint density at radius 1 is 1.43 bits per heavy atom.